The van der Waals surface area contributed by atoms with E-state index in [0.29, 0.717) is 36.4 Å². The van der Waals surface area contributed by atoms with Crippen LogP contribution in [0.25, 0.3) is 11.1 Å². The molecule has 3 aromatic carbocycles. The van der Waals surface area contributed by atoms with E-state index in [1.54, 1.807) is 30.3 Å². The molecule has 1 aliphatic rings. The van der Waals surface area contributed by atoms with E-state index in [-0.39, 0.29) is 17.4 Å². The summed E-state index contributed by atoms with van der Waals surface area (Å²) < 4.78 is 44.4. The summed E-state index contributed by atoms with van der Waals surface area (Å²) in [6, 6.07) is 16.8. The fourth-order valence-corrected chi connectivity index (χ4v) is 4.59. The lowest BCUT2D eigenvalue weighted by Gasteiger charge is -2.31. The Morgan fingerprint density at radius 1 is 0.944 bits per heavy atom. The van der Waals surface area contributed by atoms with Gasteiger partial charge in [0, 0.05) is 19.0 Å². The van der Waals surface area contributed by atoms with Crippen molar-refractivity contribution >= 4 is 11.9 Å². The molecule has 0 saturated carbocycles. The molecule has 0 aromatic heterocycles. The first-order valence-electron chi connectivity index (χ1n) is 12.1. The van der Waals surface area contributed by atoms with Gasteiger partial charge in [0.05, 0.1) is 11.1 Å². The van der Waals surface area contributed by atoms with Crippen LogP contribution in [-0.4, -0.2) is 23.3 Å². The molecular weight excluding hydrogens is 467 g/mol. The Kier molecular flexibility index (Phi) is 7.48. The third-order valence-corrected chi connectivity index (χ3v) is 6.72. The molecule has 0 unspecified atom stereocenters. The minimum absolute atomic E-state index is 0.0384. The van der Waals surface area contributed by atoms with Gasteiger partial charge in [0.15, 0.2) is 0 Å². The molecule has 0 fully saturated rings. The predicted octanol–water partition coefficient (Wildman–Crippen LogP) is 6.91. The highest BCUT2D eigenvalue weighted by atomic mass is 19.4. The number of fused-ring (bicyclic) bond motifs is 1. The van der Waals surface area contributed by atoms with Gasteiger partial charge in [-0.15, -0.1) is 0 Å². The summed E-state index contributed by atoms with van der Waals surface area (Å²) in [6.45, 7) is 5.22. The number of halogens is 3. The van der Waals surface area contributed by atoms with Crippen molar-refractivity contribution in [3.8, 4) is 16.9 Å². The van der Waals surface area contributed by atoms with E-state index in [2.05, 4.69) is 0 Å². The largest absolute Gasteiger partial charge is 0.423 e. The first-order chi connectivity index (χ1) is 17.2. The highest BCUT2D eigenvalue weighted by molar-refractivity contribution is 5.98. The second kappa shape index (κ2) is 10.6. The maximum Gasteiger partial charge on any atom is 0.416 e. The number of alkyl halides is 3. The Labute approximate surface area is 208 Å². The Bertz CT molecular complexity index is 1250. The fourth-order valence-electron chi connectivity index (χ4n) is 4.59. The first-order valence-corrected chi connectivity index (χ1v) is 12.1. The van der Waals surface area contributed by atoms with Gasteiger partial charge in [-0.2, -0.15) is 13.2 Å². The van der Waals surface area contributed by atoms with Gasteiger partial charge in [-0.05, 0) is 71.8 Å². The minimum Gasteiger partial charge on any atom is -0.423 e. The van der Waals surface area contributed by atoms with Crippen LogP contribution in [-0.2, 0) is 23.9 Å². The number of esters is 1. The zero-order valence-corrected chi connectivity index (χ0v) is 20.3. The van der Waals surface area contributed by atoms with Crippen LogP contribution in [0.5, 0.6) is 5.75 Å². The molecule has 1 heterocycles. The second-order valence-electron chi connectivity index (χ2n) is 8.96. The van der Waals surface area contributed by atoms with E-state index in [1.165, 1.54) is 12.1 Å². The second-order valence-corrected chi connectivity index (χ2v) is 8.96. The summed E-state index contributed by atoms with van der Waals surface area (Å²) in [6.07, 6.45) is -2.11. The molecule has 1 amide bonds. The van der Waals surface area contributed by atoms with Crippen LogP contribution in [0.1, 0.15) is 53.7 Å². The number of carbonyl (C=O) groups excluding carboxylic acids is 2. The minimum atomic E-state index is -4.43. The quantitative estimate of drug-likeness (QED) is 0.276. The normalized spacial score (nSPS) is 13.4. The number of hydrogen-bond acceptors (Lipinski definition) is 3. The Balaban J connectivity index is 1.50. The van der Waals surface area contributed by atoms with Gasteiger partial charge < -0.3 is 9.64 Å². The number of amides is 1. The van der Waals surface area contributed by atoms with E-state index in [9.17, 15) is 22.8 Å². The molecule has 0 bridgehead atoms. The van der Waals surface area contributed by atoms with Crippen LogP contribution < -0.4 is 4.74 Å². The molecule has 3 aromatic rings. The monoisotopic (exact) mass is 495 g/mol. The van der Waals surface area contributed by atoms with Gasteiger partial charge in [0.1, 0.15) is 5.75 Å². The van der Waals surface area contributed by atoms with Gasteiger partial charge in [-0.1, -0.05) is 50.2 Å². The maximum atomic E-state index is 13.0. The van der Waals surface area contributed by atoms with Crippen LogP contribution in [0.15, 0.2) is 66.7 Å². The van der Waals surface area contributed by atoms with Crippen molar-refractivity contribution in [3.05, 3.63) is 89.0 Å². The van der Waals surface area contributed by atoms with Crippen molar-refractivity contribution in [2.75, 3.05) is 6.54 Å². The third-order valence-electron chi connectivity index (χ3n) is 6.72. The Morgan fingerprint density at radius 3 is 2.31 bits per heavy atom. The molecule has 4 rings (SSSR count). The van der Waals surface area contributed by atoms with E-state index >= 15 is 0 Å². The highest BCUT2D eigenvalue weighted by Gasteiger charge is 2.30. The lowest BCUT2D eigenvalue weighted by molar-refractivity contribution is -0.138. The molecule has 0 atom stereocenters. The van der Waals surface area contributed by atoms with Gasteiger partial charge >= 0.3 is 12.1 Å². The molecular formula is C29H28F3NO3. The van der Waals surface area contributed by atoms with Crippen molar-refractivity contribution < 1.29 is 27.5 Å². The molecule has 188 valence electrons. The van der Waals surface area contributed by atoms with Gasteiger partial charge in [-0.25, -0.2) is 4.79 Å². The standard InChI is InChI=1S/C29H28F3NO3/c1-3-19(4-2)27(34)33-16-15-21-17-24(14-11-22(21)18-33)36-28(35)26-8-6-5-7-25(26)20-9-12-23(13-10-20)29(30,31)32/h5-14,17,19H,3-4,15-16,18H2,1-2H3. The fraction of sp³-hybridized carbons (Fsp3) is 0.310. The average molecular weight is 496 g/mol. The third kappa shape index (κ3) is 5.45. The van der Waals surface area contributed by atoms with Crippen molar-refractivity contribution in [1.29, 1.82) is 0 Å². The molecule has 36 heavy (non-hydrogen) atoms. The van der Waals surface area contributed by atoms with Crippen molar-refractivity contribution in [1.82, 2.24) is 4.90 Å². The number of hydrogen-bond donors (Lipinski definition) is 0. The molecule has 4 nitrogen and oxygen atoms in total. The van der Waals surface area contributed by atoms with Crippen molar-refractivity contribution in [2.24, 2.45) is 5.92 Å². The molecule has 1 aliphatic heterocycles. The number of ether oxygens (including phenoxy) is 1. The van der Waals surface area contributed by atoms with Crippen LogP contribution in [0.4, 0.5) is 13.2 Å². The first kappa shape index (κ1) is 25.5. The van der Waals surface area contributed by atoms with Gasteiger partial charge in [0.2, 0.25) is 5.91 Å². The lowest BCUT2D eigenvalue weighted by Crippen LogP contribution is -2.39. The number of nitrogens with zero attached hydrogens (tertiary/aromatic N) is 1. The lowest BCUT2D eigenvalue weighted by atomic mass is 9.96. The van der Waals surface area contributed by atoms with E-state index in [0.717, 1.165) is 36.1 Å². The zero-order chi connectivity index (χ0) is 25.9. The molecule has 0 radical (unpaired) electrons. The van der Waals surface area contributed by atoms with E-state index < -0.39 is 17.7 Å². The summed E-state index contributed by atoms with van der Waals surface area (Å²) >= 11 is 0. The summed E-state index contributed by atoms with van der Waals surface area (Å²) in [4.78, 5) is 27.7. The smallest absolute Gasteiger partial charge is 0.416 e. The predicted molar refractivity (Wildman–Crippen MR) is 131 cm³/mol. The zero-order valence-electron chi connectivity index (χ0n) is 20.3. The maximum absolute atomic E-state index is 13.0. The number of carbonyl (C=O) groups is 2. The molecule has 0 aliphatic carbocycles. The number of benzene rings is 3. The summed E-state index contributed by atoms with van der Waals surface area (Å²) in [5.74, 6) is 0.0186. The van der Waals surface area contributed by atoms with Crippen LogP contribution in [0, 0.1) is 5.92 Å². The van der Waals surface area contributed by atoms with Gasteiger partial charge in [-0.3, -0.25) is 4.79 Å². The van der Waals surface area contributed by atoms with Crippen LogP contribution >= 0.6 is 0 Å². The van der Waals surface area contributed by atoms with E-state index in [4.69, 9.17) is 4.74 Å². The topological polar surface area (TPSA) is 46.6 Å². The average Bonchev–Trinajstić information content (AvgIpc) is 2.88. The summed E-state index contributed by atoms with van der Waals surface area (Å²) in [5, 5.41) is 0. The number of rotatable bonds is 6. The van der Waals surface area contributed by atoms with Crippen molar-refractivity contribution in [3.63, 3.8) is 0 Å². The van der Waals surface area contributed by atoms with E-state index in [1.807, 2.05) is 30.9 Å². The SMILES string of the molecule is CCC(CC)C(=O)N1CCc2cc(OC(=O)c3ccccc3-c3ccc(C(F)(F)F)cc3)ccc2C1. The summed E-state index contributed by atoms with van der Waals surface area (Å²) in [5.41, 5.74) is 2.56. The Morgan fingerprint density at radius 2 is 1.64 bits per heavy atom. The molecule has 0 saturated heterocycles. The summed E-state index contributed by atoms with van der Waals surface area (Å²) in [7, 11) is 0. The molecule has 7 heteroatoms. The van der Waals surface area contributed by atoms with Crippen LogP contribution in [0.2, 0.25) is 0 Å². The van der Waals surface area contributed by atoms with Crippen LogP contribution in [0.3, 0.4) is 0 Å². The Hall–Kier alpha value is -3.61. The van der Waals surface area contributed by atoms with Gasteiger partial charge in [0.25, 0.3) is 0 Å². The molecule has 0 spiro atoms. The highest BCUT2D eigenvalue weighted by Crippen LogP contribution is 2.32. The van der Waals surface area contributed by atoms with Crippen molar-refractivity contribution in [2.45, 2.75) is 45.8 Å². The molecule has 0 N–H and O–H groups in total.